The molecule has 1 aliphatic carbocycles. The number of methoxy groups -OCH3 is 1. The van der Waals surface area contributed by atoms with Crippen molar-refractivity contribution >= 4 is 23.6 Å². The average Bonchev–Trinajstić information content (AvgIpc) is 3.07. The van der Waals surface area contributed by atoms with Gasteiger partial charge in [0.15, 0.2) is 0 Å². The number of anilines is 3. The van der Waals surface area contributed by atoms with E-state index in [1.54, 1.807) is 36.5 Å². The number of halogens is 3. The number of alkyl halides is 3. The summed E-state index contributed by atoms with van der Waals surface area (Å²) in [5.74, 6) is 0.318. The van der Waals surface area contributed by atoms with Crippen molar-refractivity contribution in [3.8, 4) is 17.1 Å². The Hall–Kier alpha value is -5.05. The van der Waals surface area contributed by atoms with Crippen molar-refractivity contribution in [2.75, 3.05) is 35.3 Å². The monoisotopic (exact) mass is 663 g/mol. The topological polar surface area (TPSA) is 142 Å². The van der Waals surface area contributed by atoms with E-state index in [2.05, 4.69) is 35.6 Å². The summed E-state index contributed by atoms with van der Waals surface area (Å²) in [6.07, 6.45) is 3.54. The predicted octanol–water partition coefficient (Wildman–Crippen LogP) is 5.07. The predicted molar refractivity (Wildman–Crippen MR) is 173 cm³/mol. The first kappa shape index (κ1) is 32.9. The van der Waals surface area contributed by atoms with Crippen molar-refractivity contribution < 1.29 is 27.8 Å². The van der Waals surface area contributed by atoms with Crippen LogP contribution in [-0.2, 0) is 12.7 Å². The van der Waals surface area contributed by atoms with Crippen molar-refractivity contribution in [2.45, 2.75) is 63.0 Å². The summed E-state index contributed by atoms with van der Waals surface area (Å²) < 4.78 is 46.2. The lowest BCUT2D eigenvalue weighted by atomic mass is 9.90. The lowest BCUT2D eigenvalue weighted by molar-refractivity contribution is -0.137. The minimum absolute atomic E-state index is 0.0443. The van der Waals surface area contributed by atoms with Crippen LogP contribution in [0.25, 0.3) is 11.1 Å². The van der Waals surface area contributed by atoms with E-state index in [-0.39, 0.29) is 49.0 Å². The average molecular weight is 664 g/mol. The Morgan fingerprint density at radius 3 is 2.27 bits per heavy atom. The summed E-state index contributed by atoms with van der Waals surface area (Å²) >= 11 is 0. The molecule has 12 nitrogen and oxygen atoms in total. The van der Waals surface area contributed by atoms with Crippen LogP contribution >= 0.6 is 0 Å². The maximum absolute atomic E-state index is 13.7. The minimum Gasteiger partial charge on any atom is -0.467 e. The van der Waals surface area contributed by atoms with Crippen molar-refractivity contribution in [3.63, 3.8) is 0 Å². The van der Waals surface area contributed by atoms with Crippen LogP contribution in [0.3, 0.4) is 0 Å². The van der Waals surface area contributed by atoms with Crippen molar-refractivity contribution in [1.29, 1.82) is 0 Å². The summed E-state index contributed by atoms with van der Waals surface area (Å²) in [4.78, 5) is 37.9. The second-order valence-corrected chi connectivity index (χ2v) is 12.3. The molecule has 0 radical (unpaired) electrons. The van der Waals surface area contributed by atoms with E-state index in [4.69, 9.17) is 4.74 Å². The van der Waals surface area contributed by atoms with Crippen LogP contribution in [0, 0.1) is 0 Å². The lowest BCUT2D eigenvalue weighted by Crippen LogP contribution is -2.60. The normalized spacial score (nSPS) is 18.8. The van der Waals surface area contributed by atoms with Crippen LogP contribution in [0.15, 0.2) is 67.3 Å². The number of aromatic nitrogens is 5. The van der Waals surface area contributed by atoms with Gasteiger partial charge in [-0.15, -0.1) is 0 Å². The summed E-state index contributed by atoms with van der Waals surface area (Å²) in [7, 11) is 1.49. The molecule has 252 valence electrons. The number of hydrogen-bond donors (Lipinski definition) is 3. The second kappa shape index (κ2) is 13.6. The Kier molecular flexibility index (Phi) is 9.31. The van der Waals surface area contributed by atoms with E-state index in [1.165, 1.54) is 12.0 Å². The second-order valence-electron chi connectivity index (χ2n) is 12.3. The standard InChI is InChI=1S/C33H36F3N9O3/c1-32(47)19-44(20-32)28-26(33(34,35)36)18-38-29(43-28)42-24-9-11-25(12-10-24)45(31(46)41-14-21-6-4-3-5-7-21)27-13-8-22(15-37-27)23-16-39-30(48-2)40-17-23/h3-8,13,15-18,24-25,47H,9-12,14,19-20H2,1-2H3,(H,41,46)(H,38,42,43). The summed E-state index contributed by atoms with van der Waals surface area (Å²) in [6, 6.07) is 12.9. The molecular formula is C33H36F3N9O3. The van der Waals surface area contributed by atoms with Gasteiger partial charge in [-0.25, -0.2) is 24.7 Å². The summed E-state index contributed by atoms with van der Waals surface area (Å²) in [5, 5.41) is 16.3. The van der Waals surface area contributed by atoms with Crippen LogP contribution in [0.2, 0.25) is 0 Å². The highest BCUT2D eigenvalue weighted by Gasteiger charge is 2.43. The fourth-order valence-electron chi connectivity index (χ4n) is 6.06. The number of carbonyl (C=O) groups is 1. The van der Waals surface area contributed by atoms with Crippen LogP contribution in [0.1, 0.15) is 43.7 Å². The molecule has 3 aromatic heterocycles. The molecule has 48 heavy (non-hydrogen) atoms. The van der Waals surface area contributed by atoms with Gasteiger partial charge in [0.25, 0.3) is 0 Å². The largest absolute Gasteiger partial charge is 0.467 e. The molecule has 1 aromatic carbocycles. The number of rotatable bonds is 9. The molecule has 2 amide bonds. The quantitative estimate of drug-likeness (QED) is 0.222. The molecule has 0 spiro atoms. The third kappa shape index (κ3) is 7.56. The SMILES string of the molecule is COc1ncc(-c2ccc(N(C(=O)NCc3ccccc3)C3CCC(Nc4ncc(C(F)(F)F)c(N5CC(C)(O)C5)n4)CC3)nc2)cn1. The smallest absolute Gasteiger partial charge is 0.421 e. The summed E-state index contributed by atoms with van der Waals surface area (Å²) in [6.45, 7) is 2.00. The van der Waals surface area contributed by atoms with E-state index >= 15 is 0 Å². The van der Waals surface area contributed by atoms with Gasteiger partial charge in [-0.3, -0.25) is 4.90 Å². The Labute approximate surface area is 275 Å². The Morgan fingerprint density at radius 1 is 0.979 bits per heavy atom. The first-order valence-corrected chi connectivity index (χ1v) is 15.6. The number of β-amino-alcohol motifs (C(OH)–C–C–N with tert-alkyl or cyclic N) is 1. The van der Waals surface area contributed by atoms with E-state index in [0.717, 1.165) is 22.9 Å². The highest BCUT2D eigenvalue weighted by Crippen LogP contribution is 2.39. The number of urea groups is 1. The van der Waals surface area contributed by atoms with Gasteiger partial charge in [0.1, 0.15) is 17.2 Å². The van der Waals surface area contributed by atoms with Crippen LogP contribution in [0.5, 0.6) is 6.01 Å². The maximum Gasteiger partial charge on any atom is 0.421 e. The fraction of sp³-hybridized carbons (Fsp3) is 0.394. The number of aliphatic hydroxyl groups is 1. The van der Waals surface area contributed by atoms with Crippen molar-refractivity contribution in [2.24, 2.45) is 0 Å². The Morgan fingerprint density at radius 2 is 1.67 bits per heavy atom. The van der Waals surface area contributed by atoms with Gasteiger partial charge in [-0.1, -0.05) is 30.3 Å². The zero-order chi connectivity index (χ0) is 33.9. The van der Waals surface area contributed by atoms with Crippen LogP contribution in [-0.4, -0.2) is 73.9 Å². The van der Waals surface area contributed by atoms with E-state index in [1.807, 2.05) is 36.4 Å². The number of pyridine rings is 1. The van der Waals surface area contributed by atoms with Gasteiger partial charge in [0.05, 0.1) is 12.7 Å². The number of ether oxygens (including phenoxy) is 1. The third-order valence-corrected chi connectivity index (χ3v) is 8.48. The molecule has 4 heterocycles. The third-order valence-electron chi connectivity index (χ3n) is 8.48. The van der Waals surface area contributed by atoms with Gasteiger partial charge in [0, 0.05) is 67.6 Å². The number of amides is 2. The molecule has 0 bridgehead atoms. The molecule has 1 saturated carbocycles. The fourth-order valence-corrected chi connectivity index (χ4v) is 6.06. The van der Waals surface area contributed by atoms with Crippen molar-refractivity contribution in [1.82, 2.24) is 30.2 Å². The van der Waals surface area contributed by atoms with Gasteiger partial charge in [-0.05, 0) is 50.3 Å². The zero-order valence-corrected chi connectivity index (χ0v) is 26.5. The number of hydrogen-bond acceptors (Lipinski definition) is 10. The molecular weight excluding hydrogens is 627 g/mol. The minimum atomic E-state index is -4.63. The summed E-state index contributed by atoms with van der Waals surface area (Å²) in [5.41, 5.74) is 0.464. The van der Waals surface area contributed by atoms with Crippen molar-refractivity contribution in [3.05, 3.63) is 78.4 Å². The lowest BCUT2D eigenvalue weighted by Gasteiger charge is -2.45. The first-order valence-electron chi connectivity index (χ1n) is 15.6. The first-order chi connectivity index (χ1) is 23.0. The molecule has 2 aliphatic rings. The molecule has 0 unspecified atom stereocenters. The molecule has 1 aliphatic heterocycles. The number of benzene rings is 1. The molecule has 15 heteroatoms. The Bertz CT molecular complexity index is 1690. The molecule has 3 N–H and O–H groups in total. The molecule has 1 saturated heterocycles. The van der Waals surface area contributed by atoms with Gasteiger partial charge in [0.2, 0.25) is 5.95 Å². The Balaban J connectivity index is 1.16. The van der Waals surface area contributed by atoms with E-state index in [9.17, 15) is 23.1 Å². The molecule has 2 fully saturated rings. The van der Waals surface area contributed by atoms with E-state index in [0.29, 0.717) is 38.0 Å². The van der Waals surface area contributed by atoms with E-state index < -0.39 is 17.3 Å². The van der Waals surface area contributed by atoms with Gasteiger partial charge >= 0.3 is 18.2 Å². The van der Waals surface area contributed by atoms with Gasteiger partial charge in [-0.2, -0.15) is 18.2 Å². The highest BCUT2D eigenvalue weighted by molar-refractivity contribution is 5.91. The zero-order valence-electron chi connectivity index (χ0n) is 26.5. The highest BCUT2D eigenvalue weighted by atomic mass is 19.4. The van der Waals surface area contributed by atoms with Crippen LogP contribution < -0.4 is 25.2 Å². The number of carbonyl (C=O) groups excluding carboxylic acids is 1. The maximum atomic E-state index is 13.7. The van der Waals surface area contributed by atoms with Crippen LogP contribution in [0.4, 0.5) is 35.5 Å². The molecule has 4 aromatic rings. The number of nitrogens with zero attached hydrogens (tertiary/aromatic N) is 7. The van der Waals surface area contributed by atoms with Gasteiger partial charge < -0.3 is 25.4 Å². The molecule has 6 rings (SSSR count). The molecule has 0 atom stereocenters. The number of nitrogens with one attached hydrogen (secondary N) is 2.